The summed E-state index contributed by atoms with van der Waals surface area (Å²) in [6.07, 6.45) is 3.73. The Morgan fingerprint density at radius 1 is 1.24 bits per heavy atom. The van der Waals surface area contributed by atoms with E-state index in [2.05, 4.69) is 10.3 Å². The van der Waals surface area contributed by atoms with Crippen LogP contribution < -0.4 is 10.1 Å². The predicted octanol–water partition coefficient (Wildman–Crippen LogP) is 2.25. The van der Waals surface area contributed by atoms with E-state index in [9.17, 15) is 4.79 Å². The molecule has 0 saturated carbocycles. The van der Waals surface area contributed by atoms with Gasteiger partial charge in [-0.2, -0.15) is 0 Å². The van der Waals surface area contributed by atoms with E-state index in [1.807, 2.05) is 47.1 Å². The second-order valence-electron chi connectivity index (χ2n) is 4.95. The van der Waals surface area contributed by atoms with Crippen molar-refractivity contribution in [3.05, 3.63) is 53.9 Å². The summed E-state index contributed by atoms with van der Waals surface area (Å²) in [6.45, 7) is 0.557. The summed E-state index contributed by atoms with van der Waals surface area (Å²) in [5.74, 6) is 0.752. The maximum atomic E-state index is 11.8. The summed E-state index contributed by atoms with van der Waals surface area (Å²) >= 11 is 0. The van der Waals surface area contributed by atoms with Crippen LogP contribution in [0.15, 0.2) is 42.7 Å². The molecule has 0 fully saturated rings. The molecule has 0 unspecified atom stereocenters. The quantitative estimate of drug-likeness (QED) is 0.782. The molecule has 1 aromatic carbocycles. The number of rotatable bonds is 2. The van der Waals surface area contributed by atoms with Gasteiger partial charge < -0.3 is 10.1 Å². The van der Waals surface area contributed by atoms with Gasteiger partial charge in [-0.05, 0) is 23.8 Å². The second kappa shape index (κ2) is 4.34. The number of imidazole rings is 1. The number of amides is 1. The molecule has 3 heterocycles. The van der Waals surface area contributed by atoms with Gasteiger partial charge >= 0.3 is 0 Å². The Labute approximate surface area is 121 Å². The monoisotopic (exact) mass is 279 g/mol. The van der Waals surface area contributed by atoms with Crippen molar-refractivity contribution in [3.8, 4) is 17.0 Å². The normalized spacial score (nSPS) is 13.3. The average molecular weight is 279 g/mol. The fraction of sp³-hybridized carbons (Fsp3) is 0.125. The Morgan fingerprint density at radius 3 is 2.95 bits per heavy atom. The highest BCUT2D eigenvalue weighted by molar-refractivity contribution is 6.00. The molecule has 4 rings (SSSR count). The summed E-state index contributed by atoms with van der Waals surface area (Å²) in [6, 6.07) is 9.56. The first kappa shape index (κ1) is 12.0. The van der Waals surface area contributed by atoms with Crippen LogP contribution in [0, 0.1) is 0 Å². The first-order valence-electron chi connectivity index (χ1n) is 6.69. The molecule has 0 aliphatic carbocycles. The van der Waals surface area contributed by atoms with Crippen molar-refractivity contribution >= 4 is 11.6 Å². The maximum Gasteiger partial charge on any atom is 0.251 e. The molecule has 1 amide bonds. The largest absolute Gasteiger partial charge is 0.495 e. The van der Waals surface area contributed by atoms with Crippen LogP contribution >= 0.6 is 0 Å². The van der Waals surface area contributed by atoms with E-state index < -0.39 is 0 Å². The Morgan fingerprint density at radius 2 is 2.10 bits per heavy atom. The van der Waals surface area contributed by atoms with E-state index in [-0.39, 0.29) is 5.91 Å². The number of aromatic nitrogens is 2. The lowest BCUT2D eigenvalue weighted by Gasteiger charge is -2.08. The van der Waals surface area contributed by atoms with Gasteiger partial charge in [-0.1, -0.05) is 12.1 Å². The number of hydrogen-bond acceptors (Lipinski definition) is 3. The minimum Gasteiger partial charge on any atom is -0.495 e. The molecule has 0 spiro atoms. The van der Waals surface area contributed by atoms with E-state index in [4.69, 9.17) is 4.74 Å². The first-order chi connectivity index (χ1) is 10.3. The summed E-state index contributed by atoms with van der Waals surface area (Å²) in [7, 11) is 1.64. The first-order valence-corrected chi connectivity index (χ1v) is 6.69. The fourth-order valence-electron chi connectivity index (χ4n) is 2.77. The van der Waals surface area contributed by atoms with Crippen LogP contribution in [0.2, 0.25) is 0 Å². The molecule has 5 heteroatoms. The highest BCUT2D eigenvalue weighted by Crippen LogP contribution is 2.30. The number of benzene rings is 1. The van der Waals surface area contributed by atoms with E-state index >= 15 is 0 Å². The number of carbonyl (C=O) groups is 1. The topological polar surface area (TPSA) is 55.6 Å². The molecule has 3 aromatic rings. The molecule has 1 aliphatic rings. The van der Waals surface area contributed by atoms with E-state index in [0.29, 0.717) is 6.54 Å². The smallest absolute Gasteiger partial charge is 0.251 e. The van der Waals surface area contributed by atoms with E-state index in [1.54, 1.807) is 7.11 Å². The third-order valence-corrected chi connectivity index (χ3v) is 3.84. The van der Waals surface area contributed by atoms with Crippen molar-refractivity contribution in [2.75, 3.05) is 7.11 Å². The number of nitrogens with zero attached hydrogens (tertiary/aromatic N) is 2. The molecular weight excluding hydrogens is 266 g/mol. The van der Waals surface area contributed by atoms with Crippen LogP contribution in [0.5, 0.6) is 5.75 Å². The number of hydrogen-bond donors (Lipinski definition) is 1. The minimum absolute atomic E-state index is 0.0155. The lowest BCUT2D eigenvalue weighted by molar-refractivity contribution is 0.0966. The molecule has 1 N–H and O–H groups in total. The SMILES string of the molecule is COc1ccc2ncc(-c3cccc4c3CNC4=O)n2c1. The van der Waals surface area contributed by atoms with Crippen LogP contribution in [-0.2, 0) is 6.54 Å². The summed E-state index contributed by atoms with van der Waals surface area (Å²) in [5.41, 5.74) is 4.59. The molecule has 0 saturated heterocycles. The molecule has 1 aliphatic heterocycles. The van der Waals surface area contributed by atoms with Gasteiger partial charge in [-0.25, -0.2) is 4.98 Å². The van der Waals surface area contributed by atoms with Crippen molar-refractivity contribution < 1.29 is 9.53 Å². The zero-order chi connectivity index (χ0) is 14.4. The number of methoxy groups -OCH3 is 1. The van der Waals surface area contributed by atoms with Crippen molar-refractivity contribution in [2.24, 2.45) is 0 Å². The highest BCUT2D eigenvalue weighted by Gasteiger charge is 2.23. The molecule has 2 aromatic heterocycles. The van der Waals surface area contributed by atoms with Crippen molar-refractivity contribution in [1.29, 1.82) is 0 Å². The third-order valence-electron chi connectivity index (χ3n) is 3.84. The molecule has 0 radical (unpaired) electrons. The van der Waals surface area contributed by atoms with Gasteiger partial charge in [0.15, 0.2) is 0 Å². The van der Waals surface area contributed by atoms with Crippen LogP contribution in [0.25, 0.3) is 16.9 Å². The number of nitrogens with one attached hydrogen (secondary N) is 1. The molecular formula is C16H13N3O2. The highest BCUT2D eigenvalue weighted by atomic mass is 16.5. The number of carbonyl (C=O) groups excluding carboxylic acids is 1. The number of fused-ring (bicyclic) bond motifs is 2. The van der Waals surface area contributed by atoms with Crippen LogP contribution in [-0.4, -0.2) is 22.4 Å². The van der Waals surface area contributed by atoms with Crippen molar-refractivity contribution in [1.82, 2.24) is 14.7 Å². The molecule has 0 bridgehead atoms. The van der Waals surface area contributed by atoms with Crippen LogP contribution in [0.1, 0.15) is 15.9 Å². The van der Waals surface area contributed by atoms with Gasteiger partial charge in [0, 0.05) is 17.7 Å². The van der Waals surface area contributed by atoms with Gasteiger partial charge in [-0.15, -0.1) is 0 Å². The zero-order valence-corrected chi connectivity index (χ0v) is 11.5. The maximum absolute atomic E-state index is 11.8. The van der Waals surface area contributed by atoms with Crippen LogP contribution in [0.4, 0.5) is 0 Å². The molecule has 21 heavy (non-hydrogen) atoms. The second-order valence-corrected chi connectivity index (χ2v) is 4.95. The van der Waals surface area contributed by atoms with Gasteiger partial charge in [0.05, 0.1) is 25.2 Å². The van der Waals surface area contributed by atoms with Crippen LogP contribution in [0.3, 0.4) is 0 Å². The zero-order valence-electron chi connectivity index (χ0n) is 11.5. The lowest BCUT2D eigenvalue weighted by Crippen LogP contribution is -2.12. The lowest BCUT2D eigenvalue weighted by atomic mass is 10.0. The summed E-state index contributed by atoms with van der Waals surface area (Å²) < 4.78 is 7.26. The van der Waals surface area contributed by atoms with Gasteiger partial charge in [-0.3, -0.25) is 9.20 Å². The Balaban J connectivity index is 1.97. The minimum atomic E-state index is -0.0155. The molecule has 0 atom stereocenters. The Kier molecular flexibility index (Phi) is 2.47. The van der Waals surface area contributed by atoms with Gasteiger partial charge in [0.25, 0.3) is 5.91 Å². The summed E-state index contributed by atoms with van der Waals surface area (Å²) in [5, 5.41) is 2.86. The average Bonchev–Trinajstić information content (AvgIpc) is 3.10. The standard InChI is InChI=1S/C16H13N3O2/c1-21-10-5-6-15-17-8-14(19(15)9-10)11-3-2-4-12-13(11)7-18-16(12)20/h2-6,8-9H,7H2,1H3,(H,18,20). The Bertz CT molecular complexity index is 867. The van der Waals surface area contributed by atoms with E-state index in [1.165, 1.54) is 0 Å². The Hall–Kier alpha value is -2.82. The molecule has 104 valence electrons. The van der Waals surface area contributed by atoms with Gasteiger partial charge in [0.2, 0.25) is 0 Å². The van der Waals surface area contributed by atoms with Crippen molar-refractivity contribution in [3.63, 3.8) is 0 Å². The van der Waals surface area contributed by atoms with Gasteiger partial charge in [0.1, 0.15) is 11.4 Å². The van der Waals surface area contributed by atoms with Crippen molar-refractivity contribution in [2.45, 2.75) is 6.54 Å². The predicted molar refractivity (Wildman–Crippen MR) is 78.4 cm³/mol. The molecule has 5 nitrogen and oxygen atoms in total. The number of pyridine rings is 1. The summed E-state index contributed by atoms with van der Waals surface area (Å²) in [4.78, 5) is 16.2. The third kappa shape index (κ3) is 1.71. The van der Waals surface area contributed by atoms with E-state index in [0.717, 1.165) is 33.8 Å². The number of ether oxygens (including phenoxy) is 1. The fourth-order valence-corrected chi connectivity index (χ4v) is 2.77.